The van der Waals surface area contributed by atoms with Crippen LogP contribution in [-0.4, -0.2) is 46.5 Å². The number of fused-ring (bicyclic) bond motifs is 1. The van der Waals surface area contributed by atoms with E-state index in [4.69, 9.17) is 4.98 Å². The summed E-state index contributed by atoms with van der Waals surface area (Å²) in [4.78, 5) is 33.6. The Labute approximate surface area is 168 Å². The number of benzene rings is 1. The number of pyridine rings is 1. The maximum Gasteiger partial charge on any atom is 0.250 e. The fourth-order valence-electron chi connectivity index (χ4n) is 3.63. The second-order valence-corrected chi connectivity index (χ2v) is 8.10. The quantitative estimate of drug-likeness (QED) is 0.680. The highest BCUT2D eigenvalue weighted by atomic mass is 32.1. The van der Waals surface area contributed by atoms with Gasteiger partial charge in [0.15, 0.2) is 5.13 Å². The molecule has 2 aromatic heterocycles. The van der Waals surface area contributed by atoms with Crippen molar-refractivity contribution < 1.29 is 4.79 Å². The Balaban J connectivity index is 1.38. The molecule has 0 aliphatic carbocycles. The Kier molecular flexibility index (Phi) is 5.43. The fourth-order valence-corrected chi connectivity index (χ4v) is 4.65. The molecule has 1 amide bonds. The van der Waals surface area contributed by atoms with Crippen molar-refractivity contribution in [2.45, 2.75) is 26.3 Å². The lowest BCUT2D eigenvalue weighted by Gasteiger charge is -2.22. The number of anilines is 1. The molecule has 4 rings (SSSR count). The largest absolute Gasteiger partial charge is 0.346 e. The molecule has 6 nitrogen and oxygen atoms in total. The summed E-state index contributed by atoms with van der Waals surface area (Å²) < 4.78 is 2.86. The van der Waals surface area contributed by atoms with Crippen molar-refractivity contribution >= 4 is 32.6 Å². The predicted molar refractivity (Wildman–Crippen MR) is 113 cm³/mol. The van der Waals surface area contributed by atoms with Gasteiger partial charge in [0.1, 0.15) is 0 Å². The number of hydrogen-bond donors (Lipinski definition) is 0. The number of thiazole rings is 1. The van der Waals surface area contributed by atoms with Crippen molar-refractivity contribution in [2.24, 2.45) is 0 Å². The molecule has 1 aliphatic heterocycles. The van der Waals surface area contributed by atoms with Crippen LogP contribution in [0.5, 0.6) is 0 Å². The number of amides is 1. The molecule has 0 unspecified atom stereocenters. The highest BCUT2D eigenvalue weighted by Crippen LogP contribution is 2.29. The lowest BCUT2D eigenvalue weighted by Crippen LogP contribution is -2.36. The van der Waals surface area contributed by atoms with E-state index in [1.807, 2.05) is 36.1 Å². The van der Waals surface area contributed by atoms with Gasteiger partial charge >= 0.3 is 0 Å². The van der Waals surface area contributed by atoms with Crippen LogP contribution in [0.1, 0.15) is 18.5 Å². The van der Waals surface area contributed by atoms with Crippen molar-refractivity contribution in [1.82, 2.24) is 14.5 Å². The van der Waals surface area contributed by atoms with E-state index >= 15 is 0 Å². The van der Waals surface area contributed by atoms with E-state index in [9.17, 15) is 9.59 Å². The van der Waals surface area contributed by atoms with E-state index < -0.39 is 0 Å². The topological polar surface area (TPSA) is 58.4 Å². The maximum absolute atomic E-state index is 12.7. The van der Waals surface area contributed by atoms with Crippen LogP contribution >= 0.6 is 11.3 Å². The molecule has 0 atom stereocenters. The minimum Gasteiger partial charge on any atom is -0.346 e. The standard InChI is InChI=1S/C21H24N4O2S/c1-16-6-4-9-20(27)25(16)13-10-19(26)23-11-5-12-24(15-14-23)21-22-17-7-2-3-8-18(17)28-21/h2-4,6-9H,5,10-15H2,1H3. The molecule has 1 aromatic carbocycles. The average molecular weight is 397 g/mol. The molecule has 1 aliphatic rings. The highest BCUT2D eigenvalue weighted by Gasteiger charge is 2.21. The summed E-state index contributed by atoms with van der Waals surface area (Å²) in [5.74, 6) is 0.112. The number of nitrogens with zero attached hydrogens (tertiary/aromatic N) is 4. The molecule has 0 N–H and O–H groups in total. The van der Waals surface area contributed by atoms with Gasteiger partial charge in [-0.2, -0.15) is 0 Å². The van der Waals surface area contributed by atoms with Crippen LogP contribution in [0.3, 0.4) is 0 Å². The third-order valence-electron chi connectivity index (χ3n) is 5.22. The third-order valence-corrected chi connectivity index (χ3v) is 6.32. The molecule has 1 saturated heterocycles. The third kappa shape index (κ3) is 3.94. The van der Waals surface area contributed by atoms with E-state index in [0.29, 0.717) is 19.5 Å². The minimum atomic E-state index is -0.0503. The Bertz CT molecular complexity index is 1010. The average Bonchev–Trinajstić information content (AvgIpc) is 2.96. The Morgan fingerprint density at radius 2 is 1.93 bits per heavy atom. The van der Waals surface area contributed by atoms with Crippen molar-refractivity contribution in [3.63, 3.8) is 0 Å². The van der Waals surface area contributed by atoms with Crippen LogP contribution in [0.15, 0.2) is 47.3 Å². The second-order valence-electron chi connectivity index (χ2n) is 7.09. The van der Waals surface area contributed by atoms with Crippen LogP contribution in [0.2, 0.25) is 0 Å². The number of carbonyl (C=O) groups excluding carboxylic acids is 1. The molecule has 0 saturated carbocycles. The van der Waals surface area contributed by atoms with E-state index in [0.717, 1.165) is 42.4 Å². The first-order valence-corrected chi connectivity index (χ1v) is 10.5. The number of hydrogen-bond acceptors (Lipinski definition) is 5. The van der Waals surface area contributed by atoms with E-state index in [1.165, 1.54) is 4.70 Å². The van der Waals surface area contributed by atoms with Crippen molar-refractivity contribution in [3.8, 4) is 0 Å². The number of carbonyl (C=O) groups is 1. The normalized spacial score (nSPS) is 15.0. The van der Waals surface area contributed by atoms with Gasteiger partial charge in [-0.25, -0.2) is 4.98 Å². The summed E-state index contributed by atoms with van der Waals surface area (Å²) in [5, 5.41) is 1.03. The summed E-state index contributed by atoms with van der Waals surface area (Å²) in [6.45, 7) is 5.47. The Hall–Kier alpha value is -2.67. The summed E-state index contributed by atoms with van der Waals surface area (Å²) in [5.41, 5.74) is 1.87. The summed E-state index contributed by atoms with van der Waals surface area (Å²) >= 11 is 1.71. The van der Waals surface area contributed by atoms with E-state index in [2.05, 4.69) is 11.0 Å². The first kappa shape index (κ1) is 18.7. The SMILES string of the molecule is Cc1cccc(=O)n1CCC(=O)N1CCCN(c2nc3ccccc3s2)CC1. The van der Waals surface area contributed by atoms with Crippen LogP contribution < -0.4 is 10.5 Å². The van der Waals surface area contributed by atoms with Gasteiger partial charge in [-0.05, 0) is 31.5 Å². The van der Waals surface area contributed by atoms with Gasteiger partial charge in [-0.15, -0.1) is 0 Å². The molecule has 7 heteroatoms. The summed E-state index contributed by atoms with van der Waals surface area (Å²) in [7, 11) is 0. The van der Waals surface area contributed by atoms with Gasteiger partial charge in [0.05, 0.1) is 10.2 Å². The molecule has 0 spiro atoms. The van der Waals surface area contributed by atoms with Crippen LogP contribution in [0.25, 0.3) is 10.2 Å². The van der Waals surface area contributed by atoms with Crippen LogP contribution in [-0.2, 0) is 11.3 Å². The van der Waals surface area contributed by atoms with Gasteiger partial charge in [-0.3, -0.25) is 9.59 Å². The smallest absolute Gasteiger partial charge is 0.250 e. The monoisotopic (exact) mass is 396 g/mol. The first-order chi connectivity index (χ1) is 13.6. The Morgan fingerprint density at radius 3 is 2.75 bits per heavy atom. The van der Waals surface area contributed by atoms with Gasteiger partial charge < -0.3 is 14.4 Å². The molecule has 0 bridgehead atoms. The van der Waals surface area contributed by atoms with E-state index in [1.54, 1.807) is 28.0 Å². The zero-order valence-electron chi connectivity index (χ0n) is 16.0. The van der Waals surface area contributed by atoms with Gasteiger partial charge in [0.2, 0.25) is 5.91 Å². The minimum absolute atomic E-state index is 0.0503. The van der Waals surface area contributed by atoms with Gasteiger partial charge in [0.25, 0.3) is 5.56 Å². The molecule has 28 heavy (non-hydrogen) atoms. The molecule has 3 heterocycles. The number of aryl methyl sites for hydroxylation is 1. The van der Waals surface area contributed by atoms with Crippen LogP contribution in [0.4, 0.5) is 5.13 Å². The molecule has 0 radical (unpaired) electrons. The molecule has 1 fully saturated rings. The number of aromatic nitrogens is 2. The lowest BCUT2D eigenvalue weighted by atomic mass is 10.3. The first-order valence-electron chi connectivity index (χ1n) is 9.66. The fraction of sp³-hybridized carbons (Fsp3) is 0.381. The Morgan fingerprint density at radius 1 is 1.07 bits per heavy atom. The van der Waals surface area contributed by atoms with Gasteiger partial charge in [0, 0.05) is 50.9 Å². The van der Waals surface area contributed by atoms with Crippen molar-refractivity contribution in [1.29, 1.82) is 0 Å². The molecular formula is C21H24N4O2S. The molecular weight excluding hydrogens is 372 g/mol. The second kappa shape index (κ2) is 8.14. The molecule has 146 valence electrons. The predicted octanol–water partition coefficient (Wildman–Crippen LogP) is 2.90. The van der Waals surface area contributed by atoms with Gasteiger partial charge in [-0.1, -0.05) is 29.5 Å². The van der Waals surface area contributed by atoms with Crippen molar-refractivity contribution in [3.05, 3.63) is 58.5 Å². The lowest BCUT2D eigenvalue weighted by molar-refractivity contribution is -0.131. The zero-order chi connectivity index (χ0) is 19.5. The van der Waals surface area contributed by atoms with E-state index in [-0.39, 0.29) is 11.5 Å². The maximum atomic E-state index is 12.7. The number of rotatable bonds is 4. The highest BCUT2D eigenvalue weighted by molar-refractivity contribution is 7.22. The number of para-hydroxylation sites is 1. The van der Waals surface area contributed by atoms with Crippen molar-refractivity contribution in [2.75, 3.05) is 31.1 Å². The summed E-state index contributed by atoms with van der Waals surface area (Å²) in [6.07, 6.45) is 1.28. The zero-order valence-corrected chi connectivity index (χ0v) is 16.8. The summed E-state index contributed by atoms with van der Waals surface area (Å²) in [6, 6.07) is 13.4. The van der Waals surface area contributed by atoms with Crippen LogP contribution in [0, 0.1) is 6.92 Å². The molecule has 3 aromatic rings.